The quantitative estimate of drug-likeness (QED) is 0.263. The Balaban J connectivity index is 1.95. The lowest BCUT2D eigenvalue weighted by atomic mass is 10.1. The summed E-state index contributed by atoms with van der Waals surface area (Å²) in [7, 11) is 4.68. The Hall–Kier alpha value is -3.07. The van der Waals surface area contributed by atoms with E-state index in [1.807, 2.05) is 0 Å². The minimum atomic E-state index is -0.634. The summed E-state index contributed by atoms with van der Waals surface area (Å²) in [5.74, 6) is 0.956. The molecule has 0 radical (unpaired) electrons. The highest BCUT2D eigenvalue weighted by Crippen LogP contribution is 2.37. The number of fused-ring (bicyclic) bond motifs is 1. The summed E-state index contributed by atoms with van der Waals surface area (Å²) < 4.78 is 12.9. The lowest BCUT2D eigenvalue weighted by Crippen LogP contribution is -2.35. The molecule has 0 spiro atoms. The van der Waals surface area contributed by atoms with E-state index in [1.54, 1.807) is 62.5 Å². The Kier molecular flexibility index (Phi) is 7.59. The van der Waals surface area contributed by atoms with Crippen LogP contribution in [0.4, 0.5) is 0 Å². The van der Waals surface area contributed by atoms with E-state index in [1.165, 1.54) is 29.8 Å². The number of carbonyl (C=O) groups is 1. The lowest BCUT2D eigenvalue weighted by molar-refractivity contribution is 0.0735. The predicted molar refractivity (Wildman–Crippen MR) is 145 cm³/mol. The van der Waals surface area contributed by atoms with E-state index < -0.39 is 6.04 Å². The number of para-hydroxylation sites is 1. The van der Waals surface area contributed by atoms with Crippen molar-refractivity contribution >= 4 is 55.9 Å². The number of hydrogen-bond acceptors (Lipinski definition) is 5. The van der Waals surface area contributed by atoms with E-state index in [0.717, 1.165) is 0 Å². The van der Waals surface area contributed by atoms with E-state index in [2.05, 4.69) is 15.9 Å². The second-order valence-electron chi connectivity index (χ2n) is 8.01. The number of hydrogen-bond donors (Lipinski definition) is 0. The molecule has 0 saturated carbocycles. The molecule has 4 aromatic rings. The van der Waals surface area contributed by atoms with Gasteiger partial charge in [0, 0.05) is 24.2 Å². The highest BCUT2D eigenvalue weighted by Gasteiger charge is 2.27. The SMILES string of the molecule is COc1cc(OC)c(Br)c(-n2c(C(C)N(C)C(=O)c3ccc(Cl)cc3Cl)nc3ccccc3c2=O)c1. The molecule has 1 unspecified atom stereocenters. The topological polar surface area (TPSA) is 73.7 Å². The van der Waals surface area contributed by atoms with Gasteiger partial charge in [0.25, 0.3) is 11.5 Å². The van der Waals surface area contributed by atoms with E-state index in [4.69, 9.17) is 37.7 Å². The number of methoxy groups -OCH3 is 2. The minimum Gasteiger partial charge on any atom is -0.497 e. The number of nitrogens with zero attached hydrogens (tertiary/aromatic N) is 3. The minimum absolute atomic E-state index is 0.232. The average molecular weight is 591 g/mol. The van der Waals surface area contributed by atoms with Crippen molar-refractivity contribution in [3.8, 4) is 17.2 Å². The average Bonchev–Trinajstić information content (AvgIpc) is 2.88. The van der Waals surface area contributed by atoms with E-state index in [0.29, 0.717) is 43.4 Å². The first-order chi connectivity index (χ1) is 17.2. The first-order valence-electron chi connectivity index (χ1n) is 10.8. The highest BCUT2D eigenvalue weighted by atomic mass is 79.9. The maximum Gasteiger partial charge on any atom is 0.266 e. The fourth-order valence-corrected chi connectivity index (χ4v) is 4.91. The predicted octanol–water partition coefficient (Wildman–Crippen LogP) is 6.31. The summed E-state index contributed by atoms with van der Waals surface area (Å²) >= 11 is 15.9. The van der Waals surface area contributed by atoms with Crippen LogP contribution < -0.4 is 15.0 Å². The van der Waals surface area contributed by atoms with Crippen molar-refractivity contribution in [2.24, 2.45) is 0 Å². The molecule has 0 bridgehead atoms. The Morgan fingerprint density at radius 3 is 2.47 bits per heavy atom. The molecule has 0 saturated heterocycles. The molecule has 4 rings (SSSR count). The van der Waals surface area contributed by atoms with Crippen molar-refractivity contribution in [3.63, 3.8) is 0 Å². The number of rotatable bonds is 6. The van der Waals surface area contributed by atoms with Gasteiger partial charge >= 0.3 is 0 Å². The van der Waals surface area contributed by atoms with Gasteiger partial charge < -0.3 is 14.4 Å². The monoisotopic (exact) mass is 589 g/mol. The van der Waals surface area contributed by atoms with Crippen LogP contribution in [0.2, 0.25) is 10.0 Å². The van der Waals surface area contributed by atoms with Crippen LogP contribution in [0.1, 0.15) is 29.1 Å². The zero-order chi connectivity index (χ0) is 26.1. The van der Waals surface area contributed by atoms with Crippen LogP contribution in [0.15, 0.2) is 63.9 Å². The molecule has 1 amide bonds. The van der Waals surface area contributed by atoms with Gasteiger partial charge in [-0.3, -0.25) is 14.2 Å². The van der Waals surface area contributed by atoms with Gasteiger partial charge in [-0.2, -0.15) is 0 Å². The largest absolute Gasteiger partial charge is 0.497 e. The molecule has 0 fully saturated rings. The van der Waals surface area contributed by atoms with Crippen molar-refractivity contribution in [2.75, 3.05) is 21.3 Å². The van der Waals surface area contributed by atoms with Crippen LogP contribution in [-0.2, 0) is 0 Å². The van der Waals surface area contributed by atoms with Crippen LogP contribution in [0.3, 0.4) is 0 Å². The zero-order valence-corrected chi connectivity index (χ0v) is 23.0. The second kappa shape index (κ2) is 10.5. The Morgan fingerprint density at radius 1 is 1.08 bits per heavy atom. The number of aromatic nitrogens is 2. The van der Waals surface area contributed by atoms with Gasteiger partial charge in [0.15, 0.2) is 0 Å². The number of halogens is 3. The molecule has 7 nitrogen and oxygen atoms in total. The summed E-state index contributed by atoms with van der Waals surface area (Å²) in [5, 5.41) is 1.08. The molecule has 0 aliphatic heterocycles. The summed E-state index contributed by atoms with van der Waals surface area (Å²) in [6.07, 6.45) is 0. The van der Waals surface area contributed by atoms with Crippen LogP contribution in [0, 0.1) is 0 Å². The number of carbonyl (C=O) groups excluding carboxylic acids is 1. The van der Waals surface area contributed by atoms with Gasteiger partial charge in [-0.1, -0.05) is 35.3 Å². The molecule has 186 valence electrons. The third-order valence-electron chi connectivity index (χ3n) is 5.93. The van der Waals surface area contributed by atoms with E-state index in [9.17, 15) is 9.59 Å². The van der Waals surface area contributed by atoms with E-state index in [-0.39, 0.29) is 22.1 Å². The Bertz CT molecular complexity index is 1540. The van der Waals surface area contributed by atoms with Gasteiger partial charge in [0.05, 0.1) is 51.9 Å². The fraction of sp³-hybridized carbons (Fsp3) is 0.192. The molecule has 0 aliphatic rings. The van der Waals surface area contributed by atoms with E-state index >= 15 is 0 Å². The standard InChI is InChI=1S/C26H22BrCl2N3O4/c1-14(31(2)25(33)17-10-9-15(28)11-19(17)29)24-30-20-8-6-5-7-18(20)26(34)32(24)21-12-16(35-3)13-22(36-4)23(21)27/h5-14H,1-4H3. The summed E-state index contributed by atoms with van der Waals surface area (Å²) in [5.41, 5.74) is 0.955. The molecular weight excluding hydrogens is 569 g/mol. The summed E-state index contributed by atoms with van der Waals surface area (Å²) in [6.45, 7) is 1.79. The molecule has 10 heteroatoms. The van der Waals surface area contributed by atoms with Crippen molar-refractivity contribution in [1.29, 1.82) is 0 Å². The van der Waals surface area contributed by atoms with Gasteiger partial charge in [0.2, 0.25) is 0 Å². The first kappa shape index (κ1) is 26.0. The highest BCUT2D eigenvalue weighted by molar-refractivity contribution is 9.10. The zero-order valence-electron chi connectivity index (χ0n) is 19.9. The molecule has 0 aliphatic carbocycles. The second-order valence-corrected chi connectivity index (χ2v) is 9.64. The molecule has 3 aromatic carbocycles. The van der Waals surface area contributed by atoms with Crippen molar-refractivity contribution in [1.82, 2.24) is 14.5 Å². The molecule has 0 N–H and O–H groups in total. The number of ether oxygens (including phenoxy) is 2. The Labute approximate surface area is 226 Å². The molecule has 36 heavy (non-hydrogen) atoms. The fourth-order valence-electron chi connectivity index (χ4n) is 3.85. The maximum absolute atomic E-state index is 13.8. The third-order valence-corrected chi connectivity index (χ3v) is 7.27. The van der Waals surface area contributed by atoms with Gasteiger partial charge in [-0.25, -0.2) is 4.98 Å². The van der Waals surface area contributed by atoms with Crippen LogP contribution >= 0.6 is 39.1 Å². The summed E-state index contributed by atoms with van der Waals surface area (Å²) in [4.78, 5) is 33.5. The van der Waals surface area contributed by atoms with Crippen molar-refractivity contribution in [3.05, 3.63) is 90.9 Å². The lowest BCUT2D eigenvalue weighted by Gasteiger charge is -2.28. The normalized spacial score (nSPS) is 11.9. The maximum atomic E-state index is 13.8. The summed E-state index contributed by atoms with van der Waals surface area (Å²) in [6, 6.07) is 14.5. The van der Waals surface area contributed by atoms with Gasteiger partial charge in [-0.05, 0) is 53.2 Å². The van der Waals surface area contributed by atoms with Crippen LogP contribution in [0.5, 0.6) is 11.5 Å². The molecular formula is C26H22BrCl2N3O4. The van der Waals surface area contributed by atoms with Crippen LogP contribution in [0.25, 0.3) is 16.6 Å². The molecule has 1 aromatic heterocycles. The van der Waals surface area contributed by atoms with Crippen LogP contribution in [-0.4, -0.2) is 41.6 Å². The smallest absolute Gasteiger partial charge is 0.266 e. The van der Waals surface area contributed by atoms with Crippen molar-refractivity contribution in [2.45, 2.75) is 13.0 Å². The van der Waals surface area contributed by atoms with Crippen molar-refractivity contribution < 1.29 is 14.3 Å². The number of benzene rings is 3. The first-order valence-corrected chi connectivity index (χ1v) is 12.4. The molecule has 1 heterocycles. The molecule has 1 atom stereocenters. The third kappa shape index (κ3) is 4.68. The van der Waals surface area contributed by atoms with Gasteiger partial charge in [-0.15, -0.1) is 0 Å². The van der Waals surface area contributed by atoms with Gasteiger partial charge in [0.1, 0.15) is 17.3 Å². The Morgan fingerprint density at radius 2 is 1.81 bits per heavy atom. The number of amides is 1.